The first kappa shape index (κ1) is 16.7. The van der Waals surface area contributed by atoms with Gasteiger partial charge in [-0.05, 0) is 18.3 Å². The Bertz CT molecular complexity index is 297. The number of carbonyl (C=O) groups is 2. The van der Waals surface area contributed by atoms with Crippen molar-refractivity contribution >= 4 is 12.0 Å². The van der Waals surface area contributed by atoms with Crippen molar-refractivity contribution in [2.75, 3.05) is 6.54 Å². The lowest BCUT2D eigenvalue weighted by molar-refractivity contribution is -0.141. The second-order valence-corrected chi connectivity index (χ2v) is 5.68. The Morgan fingerprint density at radius 2 is 1.72 bits per heavy atom. The van der Waals surface area contributed by atoms with E-state index in [1.807, 2.05) is 6.92 Å². The van der Waals surface area contributed by atoms with Gasteiger partial charge in [0.05, 0.1) is 6.10 Å². The average molecular weight is 260 g/mol. The number of carbonyl (C=O) groups excluding carboxylic acids is 1. The molecule has 18 heavy (non-hydrogen) atoms. The van der Waals surface area contributed by atoms with E-state index in [1.54, 1.807) is 0 Å². The Morgan fingerprint density at radius 3 is 2.06 bits per heavy atom. The van der Waals surface area contributed by atoms with Crippen molar-refractivity contribution in [2.24, 2.45) is 11.3 Å². The van der Waals surface area contributed by atoms with E-state index in [9.17, 15) is 14.7 Å². The Morgan fingerprint density at radius 1 is 1.22 bits per heavy atom. The molecule has 3 unspecified atom stereocenters. The lowest BCUT2D eigenvalue weighted by Crippen LogP contribution is -2.52. The van der Waals surface area contributed by atoms with Crippen LogP contribution in [0.3, 0.4) is 0 Å². The number of urea groups is 1. The van der Waals surface area contributed by atoms with Gasteiger partial charge in [0, 0.05) is 6.54 Å². The summed E-state index contributed by atoms with van der Waals surface area (Å²) in [7, 11) is 0. The lowest BCUT2D eigenvalue weighted by atomic mass is 9.82. The van der Waals surface area contributed by atoms with Crippen molar-refractivity contribution in [3.8, 4) is 0 Å². The molecule has 0 heterocycles. The van der Waals surface area contributed by atoms with Crippen LogP contribution in [0.4, 0.5) is 4.79 Å². The van der Waals surface area contributed by atoms with Crippen LogP contribution >= 0.6 is 0 Å². The third-order valence-corrected chi connectivity index (χ3v) is 3.08. The van der Waals surface area contributed by atoms with Crippen molar-refractivity contribution in [1.29, 1.82) is 0 Å². The first-order valence-corrected chi connectivity index (χ1v) is 6.01. The summed E-state index contributed by atoms with van der Waals surface area (Å²) in [6.45, 7) is 9.95. The molecule has 0 bridgehead atoms. The summed E-state index contributed by atoms with van der Waals surface area (Å²) in [5.41, 5.74) is 0.0593. The minimum atomic E-state index is -1.30. The molecule has 0 saturated carbocycles. The highest BCUT2D eigenvalue weighted by Gasteiger charge is 2.26. The third-order valence-electron chi connectivity index (χ3n) is 3.08. The predicted molar refractivity (Wildman–Crippen MR) is 68.3 cm³/mol. The molecule has 0 aliphatic carbocycles. The first-order chi connectivity index (χ1) is 8.05. The highest BCUT2D eigenvalue weighted by Crippen LogP contribution is 2.24. The van der Waals surface area contributed by atoms with Crippen LogP contribution in [0.25, 0.3) is 0 Å². The van der Waals surface area contributed by atoms with E-state index in [0.29, 0.717) is 6.54 Å². The van der Waals surface area contributed by atoms with Crippen molar-refractivity contribution in [1.82, 2.24) is 10.6 Å². The highest BCUT2D eigenvalue weighted by atomic mass is 16.4. The zero-order valence-electron chi connectivity index (χ0n) is 11.7. The standard InChI is InChI=1S/C12H24N2O4/c1-7(12(3,4)5)6-13-11(18)14-9(8(2)15)10(16)17/h7-9,15H,6H2,1-5H3,(H,16,17)(H2,13,14,18). The zero-order chi connectivity index (χ0) is 14.5. The van der Waals surface area contributed by atoms with Crippen LogP contribution in [0.5, 0.6) is 0 Å². The molecule has 0 rings (SSSR count). The van der Waals surface area contributed by atoms with Crippen LogP contribution < -0.4 is 10.6 Å². The maximum Gasteiger partial charge on any atom is 0.328 e. The van der Waals surface area contributed by atoms with Crippen LogP contribution in [-0.2, 0) is 4.79 Å². The van der Waals surface area contributed by atoms with E-state index in [1.165, 1.54) is 6.92 Å². The number of amides is 2. The topological polar surface area (TPSA) is 98.7 Å². The van der Waals surface area contributed by atoms with Gasteiger partial charge in [-0.15, -0.1) is 0 Å². The van der Waals surface area contributed by atoms with E-state index < -0.39 is 24.1 Å². The molecule has 4 N–H and O–H groups in total. The van der Waals surface area contributed by atoms with Gasteiger partial charge >= 0.3 is 12.0 Å². The molecule has 0 aromatic rings. The Kier molecular flexibility index (Phi) is 6.11. The van der Waals surface area contributed by atoms with Crippen molar-refractivity contribution < 1.29 is 19.8 Å². The van der Waals surface area contributed by atoms with E-state index >= 15 is 0 Å². The number of hydrogen-bond acceptors (Lipinski definition) is 3. The minimum absolute atomic E-state index is 0.0593. The fourth-order valence-electron chi connectivity index (χ4n) is 1.13. The van der Waals surface area contributed by atoms with Crippen LogP contribution in [0.1, 0.15) is 34.6 Å². The summed E-state index contributed by atoms with van der Waals surface area (Å²) in [6.07, 6.45) is -1.15. The number of rotatable bonds is 5. The van der Waals surface area contributed by atoms with Gasteiger partial charge in [-0.1, -0.05) is 27.7 Å². The number of nitrogens with one attached hydrogen (secondary N) is 2. The smallest absolute Gasteiger partial charge is 0.328 e. The first-order valence-electron chi connectivity index (χ1n) is 6.01. The van der Waals surface area contributed by atoms with Crippen LogP contribution in [0.15, 0.2) is 0 Å². The van der Waals surface area contributed by atoms with Gasteiger partial charge in [-0.3, -0.25) is 0 Å². The van der Waals surface area contributed by atoms with Crippen LogP contribution in [0.2, 0.25) is 0 Å². The maximum atomic E-state index is 11.5. The number of carboxylic acid groups (broad SMARTS) is 1. The van der Waals surface area contributed by atoms with Crippen LogP contribution in [-0.4, -0.2) is 40.9 Å². The van der Waals surface area contributed by atoms with Crippen molar-refractivity contribution in [2.45, 2.75) is 46.8 Å². The SMILES string of the molecule is CC(O)C(NC(=O)NCC(C)C(C)(C)C)C(=O)O. The molecular weight excluding hydrogens is 236 g/mol. The van der Waals surface area contributed by atoms with E-state index in [-0.39, 0.29) is 11.3 Å². The molecule has 6 heteroatoms. The Hall–Kier alpha value is -1.30. The quantitative estimate of drug-likeness (QED) is 0.587. The minimum Gasteiger partial charge on any atom is -0.480 e. The van der Waals surface area contributed by atoms with E-state index in [0.717, 1.165) is 0 Å². The normalized spacial score (nSPS) is 16.6. The number of carboxylic acids is 1. The molecule has 0 fully saturated rings. The van der Waals surface area contributed by atoms with Crippen molar-refractivity contribution in [3.05, 3.63) is 0 Å². The largest absolute Gasteiger partial charge is 0.480 e. The van der Waals surface area contributed by atoms with Gasteiger partial charge in [0.15, 0.2) is 6.04 Å². The highest BCUT2D eigenvalue weighted by molar-refractivity contribution is 5.82. The molecule has 6 nitrogen and oxygen atoms in total. The molecular formula is C12H24N2O4. The number of hydrogen-bond donors (Lipinski definition) is 4. The van der Waals surface area contributed by atoms with Gasteiger partial charge in [0.1, 0.15) is 0 Å². The molecule has 3 atom stereocenters. The molecule has 0 aromatic heterocycles. The van der Waals surface area contributed by atoms with Crippen LogP contribution in [0, 0.1) is 11.3 Å². The average Bonchev–Trinajstić information content (AvgIpc) is 2.19. The molecule has 0 aromatic carbocycles. The summed E-state index contributed by atoms with van der Waals surface area (Å²) >= 11 is 0. The summed E-state index contributed by atoms with van der Waals surface area (Å²) in [5.74, 6) is -1.01. The molecule has 2 amide bonds. The summed E-state index contributed by atoms with van der Waals surface area (Å²) < 4.78 is 0. The third kappa shape index (κ3) is 5.86. The zero-order valence-corrected chi connectivity index (χ0v) is 11.7. The summed E-state index contributed by atoms with van der Waals surface area (Å²) in [4.78, 5) is 22.3. The Balaban J connectivity index is 4.23. The van der Waals surface area contributed by atoms with Gasteiger partial charge in [0.25, 0.3) is 0 Å². The molecule has 0 saturated heterocycles. The number of aliphatic carboxylic acids is 1. The molecule has 106 valence electrons. The van der Waals surface area contributed by atoms with Gasteiger partial charge < -0.3 is 20.8 Å². The van der Waals surface area contributed by atoms with Gasteiger partial charge in [-0.25, -0.2) is 9.59 Å². The predicted octanol–water partition coefficient (Wildman–Crippen LogP) is 0.802. The second kappa shape index (κ2) is 6.58. The fraction of sp³-hybridized carbons (Fsp3) is 0.833. The van der Waals surface area contributed by atoms with Gasteiger partial charge in [-0.2, -0.15) is 0 Å². The number of aliphatic hydroxyl groups is 1. The second-order valence-electron chi connectivity index (χ2n) is 5.68. The van der Waals surface area contributed by atoms with E-state index in [4.69, 9.17) is 5.11 Å². The summed E-state index contributed by atoms with van der Waals surface area (Å²) in [6, 6.07) is -1.88. The maximum absolute atomic E-state index is 11.5. The Labute approximate surface area is 108 Å². The molecule has 0 aliphatic heterocycles. The van der Waals surface area contributed by atoms with Gasteiger partial charge in [0.2, 0.25) is 0 Å². The fourth-order valence-corrected chi connectivity index (χ4v) is 1.13. The molecule has 0 aliphatic rings. The molecule has 0 spiro atoms. The monoisotopic (exact) mass is 260 g/mol. The summed E-state index contributed by atoms with van der Waals surface area (Å²) in [5, 5.41) is 22.8. The number of aliphatic hydroxyl groups excluding tert-OH is 1. The molecule has 0 radical (unpaired) electrons. The van der Waals surface area contributed by atoms with E-state index in [2.05, 4.69) is 31.4 Å². The van der Waals surface area contributed by atoms with Crippen molar-refractivity contribution in [3.63, 3.8) is 0 Å². The lowest BCUT2D eigenvalue weighted by Gasteiger charge is -2.27.